The van der Waals surface area contributed by atoms with E-state index in [1.165, 1.54) is 77.5 Å². The Kier molecular flexibility index (Phi) is 6.31. The van der Waals surface area contributed by atoms with E-state index in [-0.39, 0.29) is 0 Å². The second kappa shape index (κ2) is 7.77. The van der Waals surface area contributed by atoms with Crippen molar-refractivity contribution in [2.75, 3.05) is 32.7 Å². The summed E-state index contributed by atoms with van der Waals surface area (Å²) < 4.78 is 0. The Labute approximate surface area is 125 Å². The minimum absolute atomic E-state index is 0.293. The van der Waals surface area contributed by atoms with Gasteiger partial charge in [0.2, 0.25) is 0 Å². The molecule has 1 heterocycles. The van der Waals surface area contributed by atoms with Gasteiger partial charge in [0.05, 0.1) is 0 Å². The molecule has 118 valence electrons. The fourth-order valence-corrected chi connectivity index (χ4v) is 4.49. The maximum absolute atomic E-state index is 6.28. The SMILES string of the molecule is CCCN1CCC(CN)(N(CC)C2CCCCC2)CC1. The number of nitrogens with two attached hydrogens (primary N) is 1. The van der Waals surface area contributed by atoms with Crippen molar-refractivity contribution in [2.45, 2.75) is 76.8 Å². The Morgan fingerprint density at radius 3 is 2.25 bits per heavy atom. The van der Waals surface area contributed by atoms with Gasteiger partial charge in [-0.25, -0.2) is 0 Å². The summed E-state index contributed by atoms with van der Waals surface area (Å²) in [6.45, 7) is 10.4. The number of hydrogen-bond donors (Lipinski definition) is 1. The largest absolute Gasteiger partial charge is 0.329 e. The lowest BCUT2D eigenvalue weighted by Gasteiger charge is -2.52. The number of nitrogens with zero attached hydrogens (tertiary/aromatic N) is 2. The molecule has 1 saturated carbocycles. The molecule has 0 atom stereocenters. The van der Waals surface area contributed by atoms with Crippen LogP contribution >= 0.6 is 0 Å². The van der Waals surface area contributed by atoms with Crippen molar-refractivity contribution >= 4 is 0 Å². The van der Waals surface area contributed by atoms with Crippen LogP contribution < -0.4 is 5.73 Å². The summed E-state index contributed by atoms with van der Waals surface area (Å²) in [4.78, 5) is 5.43. The first-order valence-corrected chi connectivity index (χ1v) is 8.95. The third kappa shape index (κ3) is 3.55. The molecule has 3 nitrogen and oxygen atoms in total. The van der Waals surface area contributed by atoms with Gasteiger partial charge in [0.1, 0.15) is 0 Å². The van der Waals surface area contributed by atoms with E-state index in [0.717, 1.165) is 12.6 Å². The van der Waals surface area contributed by atoms with Crippen LogP contribution in [0.1, 0.15) is 65.2 Å². The molecule has 1 aliphatic heterocycles. The molecule has 0 aromatic heterocycles. The molecule has 0 amide bonds. The smallest absolute Gasteiger partial charge is 0.0358 e. The molecule has 2 aliphatic rings. The predicted molar refractivity (Wildman–Crippen MR) is 87.0 cm³/mol. The fraction of sp³-hybridized carbons (Fsp3) is 1.00. The molecule has 0 aromatic rings. The number of piperidine rings is 1. The normalized spacial score (nSPS) is 25.2. The van der Waals surface area contributed by atoms with Crippen molar-refractivity contribution in [3.63, 3.8) is 0 Å². The van der Waals surface area contributed by atoms with Gasteiger partial charge < -0.3 is 10.6 Å². The van der Waals surface area contributed by atoms with Gasteiger partial charge >= 0.3 is 0 Å². The number of likely N-dealkylation sites (tertiary alicyclic amines) is 1. The van der Waals surface area contributed by atoms with Gasteiger partial charge in [-0.2, -0.15) is 0 Å². The third-order valence-electron chi connectivity index (χ3n) is 5.67. The molecule has 2 N–H and O–H groups in total. The van der Waals surface area contributed by atoms with Crippen LogP contribution in [0.4, 0.5) is 0 Å². The van der Waals surface area contributed by atoms with Gasteiger partial charge in [-0.1, -0.05) is 33.1 Å². The van der Waals surface area contributed by atoms with Crippen LogP contribution in [0.15, 0.2) is 0 Å². The van der Waals surface area contributed by atoms with Gasteiger partial charge in [-0.05, 0) is 58.3 Å². The quantitative estimate of drug-likeness (QED) is 0.812. The van der Waals surface area contributed by atoms with Crippen LogP contribution in [-0.4, -0.2) is 54.1 Å². The Morgan fingerprint density at radius 1 is 1.10 bits per heavy atom. The first-order chi connectivity index (χ1) is 9.75. The summed E-state index contributed by atoms with van der Waals surface area (Å²) in [7, 11) is 0. The van der Waals surface area contributed by atoms with Gasteiger partial charge in [0.25, 0.3) is 0 Å². The summed E-state index contributed by atoms with van der Waals surface area (Å²) in [6.07, 6.45) is 10.9. The molecule has 0 bridgehead atoms. The maximum atomic E-state index is 6.28. The summed E-state index contributed by atoms with van der Waals surface area (Å²) in [5.41, 5.74) is 6.57. The molecule has 20 heavy (non-hydrogen) atoms. The van der Waals surface area contributed by atoms with Crippen molar-refractivity contribution < 1.29 is 0 Å². The summed E-state index contributed by atoms with van der Waals surface area (Å²) in [6, 6.07) is 0.801. The van der Waals surface area contributed by atoms with E-state index >= 15 is 0 Å². The zero-order valence-electron chi connectivity index (χ0n) is 13.7. The van der Waals surface area contributed by atoms with E-state index in [1.807, 2.05) is 0 Å². The van der Waals surface area contributed by atoms with E-state index in [4.69, 9.17) is 5.73 Å². The van der Waals surface area contributed by atoms with E-state index in [1.54, 1.807) is 0 Å². The van der Waals surface area contributed by atoms with Crippen molar-refractivity contribution in [1.29, 1.82) is 0 Å². The Bertz CT molecular complexity index is 265. The molecule has 3 heteroatoms. The highest BCUT2D eigenvalue weighted by molar-refractivity contribution is 4.98. The van der Waals surface area contributed by atoms with Crippen LogP contribution in [0, 0.1) is 0 Å². The number of rotatable bonds is 6. The lowest BCUT2D eigenvalue weighted by Crippen LogP contribution is -2.62. The minimum atomic E-state index is 0.293. The van der Waals surface area contributed by atoms with Crippen LogP contribution in [0.25, 0.3) is 0 Å². The Balaban J connectivity index is 2.01. The minimum Gasteiger partial charge on any atom is -0.329 e. The lowest BCUT2D eigenvalue weighted by atomic mass is 9.82. The standard InChI is InChI=1S/C17H35N3/c1-3-12-19-13-10-17(15-18,11-14-19)20(4-2)16-8-6-5-7-9-16/h16H,3-15,18H2,1-2H3. The molecule has 0 spiro atoms. The molecule has 2 fully saturated rings. The molecule has 1 saturated heterocycles. The summed E-state index contributed by atoms with van der Waals surface area (Å²) in [5, 5.41) is 0. The summed E-state index contributed by atoms with van der Waals surface area (Å²) in [5.74, 6) is 0. The third-order valence-corrected chi connectivity index (χ3v) is 5.67. The highest BCUT2D eigenvalue weighted by atomic mass is 15.3. The van der Waals surface area contributed by atoms with Gasteiger partial charge in [0.15, 0.2) is 0 Å². The average molecular weight is 281 g/mol. The van der Waals surface area contributed by atoms with Crippen molar-refractivity contribution in [3.8, 4) is 0 Å². The van der Waals surface area contributed by atoms with Gasteiger partial charge in [-0.15, -0.1) is 0 Å². The zero-order chi connectivity index (χ0) is 14.4. The van der Waals surface area contributed by atoms with Crippen LogP contribution in [0.5, 0.6) is 0 Å². The Hall–Kier alpha value is -0.120. The van der Waals surface area contributed by atoms with Gasteiger partial charge in [-0.3, -0.25) is 4.90 Å². The first kappa shape index (κ1) is 16.3. The van der Waals surface area contributed by atoms with Crippen LogP contribution in [0.3, 0.4) is 0 Å². The average Bonchev–Trinajstić information content (AvgIpc) is 2.51. The highest BCUT2D eigenvalue weighted by Crippen LogP contribution is 2.34. The summed E-state index contributed by atoms with van der Waals surface area (Å²) >= 11 is 0. The molecular weight excluding hydrogens is 246 g/mol. The number of likely N-dealkylation sites (N-methyl/N-ethyl adjacent to an activating group) is 1. The van der Waals surface area contributed by atoms with E-state index < -0.39 is 0 Å². The second-order valence-electron chi connectivity index (χ2n) is 6.85. The van der Waals surface area contributed by atoms with Crippen LogP contribution in [0.2, 0.25) is 0 Å². The molecular formula is C17H35N3. The molecule has 0 radical (unpaired) electrons. The topological polar surface area (TPSA) is 32.5 Å². The second-order valence-corrected chi connectivity index (χ2v) is 6.85. The first-order valence-electron chi connectivity index (χ1n) is 8.95. The molecule has 0 aromatic carbocycles. The van der Waals surface area contributed by atoms with E-state index in [0.29, 0.717) is 5.54 Å². The zero-order valence-corrected chi connectivity index (χ0v) is 13.7. The Morgan fingerprint density at radius 2 is 1.75 bits per heavy atom. The monoisotopic (exact) mass is 281 g/mol. The van der Waals surface area contributed by atoms with Crippen LogP contribution in [-0.2, 0) is 0 Å². The maximum Gasteiger partial charge on any atom is 0.0358 e. The van der Waals surface area contributed by atoms with E-state index in [9.17, 15) is 0 Å². The van der Waals surface area contributed by atoms with Gasteiger partial charge in [0, 0.05) is 18.1 Å². The van der Waals surface area contributed by atoms with Crippen molar-refractivity contribution in [2.24, 2.45) is 5.73 Å². The fourth-order valence-electron chi connectivity index (χ4n) is 4.49. The highest BCUT2D eigenvalue weighted by Gasteiger charge is 2.41. The predicted octanol–water partition coefficient (Wildman–Crippen LogP) is 2.84. The van der Waals surface area contributed by atoms with Crippen molar-refractivity contribution in [1.82, 2.24) is 9.80 Å². The van der Waals surface area contributed by atoms with Crippen molar-refractivity contribution in [3.05, 3.63) is 0 Å². The molecule has 2 rings (SSSR count). The molecule has 0 unspecified atom stereocenters. The lowest BCUT2D eigenvalue weighted by molar-refractivity contribution is -0.0105. The molecule has 1 aliphatic carbocycles. The number of hydrogen-bond acceptors (Lipinski definition) is 3. The van der Waals surface area contributed by atoms with E-state index in [2.05, 4.69) is 23.6 Å².